The van der Waals surface area contributed by atoms with E-state index in [1.807, 2.05) is 41.3 Å². The van der Waals surface area contributed by atoms with Gasteiger partial charge in [0, 0.05) is 40.9 Å². The molecule has 5 nitrogen and oxygen atoms in total. The molecule has 2 heterocycles. The SMILES string of the molecule is CN(C)Cc1ccc(CSCCNc2nsnc2NCc2ccccc2)s1. The van der Waals surface area contributed by atoms with Crippen LogP contribution < -0.4 is 10.6 Å². The highest BCUT2D eigenvalue weighted by Crippen LogP contribution is 2.23. The van der Waals surface area contributed by atoms with Crippen molar-refractivity contribution in [3.8, 4) is 0 Å². The van der Waals surface area contributed by atoms with Gasteiger partial charge in [0.25, 0.3) is 0 Å². The molecule has 0 fully saturated rings. The van der Waals surface area contributed by atoms with Crippen LogP contribution in [0.25, 0.3) is 0 Å². The van der Waals surface area contributed by atoms with E-state index in [1.54, 1.807) is 0 Å². The van der Waals surface area contributed by atoms with Crippen molar-refractivity contribution in [2.75, 3.05) is 37.0 Å². The van der Waals surface area contributed by atoms with E-state index in [-0.39, 0.29) is 0 Å². The first-order valence-corrected chi connectivity index (χ1v) is 11.5. The number of rotatable bonds is 11. The summed E-state index contributed by atoms with van der Waals surface area (Å²) < 4.78 is 8.71. The van der Waals surface area contributed by atoms with Gasteiger partial charge in [-0.1, -0.05) is 30.3 Å². The van der Waals surface area contributed by atoms with Crippen molar-refractivity contribution in [1.29, 1.82) is 0 Å². The number of nitrogens with zero attached hydrogens (tertiary/aromatic N) is 3. The number of hydrogen-bond acceptors (Lipinski definition) is 8. The van der Waals surface area contributed by atoms with Crippen molar-refractivity contribution in [2.45, 2.75) is 18.8 Å². The lowest BCUT2D eigenvalue weighted by Crippen LogP contribution is -2.09. The molecule has 2 aromatic heterocycles. The van der Waals surface area contributed by atoms with Gasteiger partial charge >= 0.3 is 0 Å². The van der Waals surface area contributed by atoms with Crippen LogP contribution in [0.4, 0.5) is 11.6 Å². The molecule has 27 heavy (non-hydrogen) atoms. The molecule has 0 amide bonds. The maximum atomic E-state index is 4.36. The number of nitrogens with one attached hydrogen (secondary N) is 2. The van der Waals surface area contributed by atoms with Gasteiger partial charge in [0.2, 0.25) is 0 Å². The molecule has 0 aliphatic carbocycles. The molecule has 0 spiro atoms. The first kappa shape index (κ1) is 20.1. The van der Waals surface area contributed by atoms with Crippen molar-refractivity contribution >= 4 is 46.5 Å². The third kappa shape index (κ3) is 6.80. The Labute approximate surface area is 173 Å². The molecular weight excluding hydrogens is 394 g/mol. The highest BCUT2D eigenvalue weighted by Gasteiger charge is 2.07. The fraction of sp³-hybridized carbons (Fsp3) is 0.368. The highest BCUT2D eigenvalue weighted by atomic mass is 32.2. The molecule has 0 bridgehead atoms. The predicted octanol–water partition coefficient (Wildman–Crippen LogP) is 4.62. The van der Waals surface area contributed by atoms with Gasteiger partial charge in [-0.05, 0) is 31.8 Å². The summed E-state index contributed by atoms with van der Waals surface area (Å²) in [7, 11) is 4.21. The molecule has 0 saturated carbocycles. The molecule has 0 atom stereocenters. The molecule has 0 unspecified atom stereocenters. The normalized spacial score (nSPS) is 11.1. The van der Waals surface area contributed by atoms with E-state index in [4.69, 9.17) is 0 Å². The van der Waals surface area contributed by atoms with Gasteiger partial charge in [-0.2, -0.15) is 20.5 Å². The van der Waals surface area contributed by atoms with E-state index in [9.17, 15) is 0 Å². The zero-order valence-electron chi connectivity index (χ0n) is 15.6. The fourth-order valence-corrected chi connectivity index (χ4v) is 5.12. The highest BCUT2D eigenvalue weighted by molar-refractivity contribution is 7.98. The van der Waals surface area contributed by atoms with Gasteiger partial charge in [-0.3, -0.25) is 0 Å². The average Bonchev–Trinajstić information content (AvgIpc) is 3.29. The lowest BCUT2D eigenvalue weighted by atomic mass is 10.2. The smallest absolute Gasteiger partial charge is 0.184 e. The monoisotopic (exact) mass is 419 g/mol. The summed E-state index contributed by atoms with van der Waals surface area (Å²) in [6, 6.07) is 14.8. The Morgan fingerprint density at radius 1 is 0.963 bits per heavy atom. The van der Waals surface area contributed by atoms with Crippen LogP contribution in [0.2, 0.25) is 0 Å². The molecule has 0 aliphatic rings. The standard InChI is InChI=1S/C19H25N5S3/c1-24(2)13-16-8-9-17(26-16)14-25-11-10-20-18-19(23-27-22-18)21-12-15-6-4-3-5-7-15/h3-9H,10-14H2,1-2H3,(H,20,22)(H,21,23). The van der Waals surface area contributed by atoms with Crippen LogP contribution in [-0.4, -0.2) is 40.0 Å². The van der Waals surface area contributed by atoms with Crippen molar-refractivity contribution in [3.05, 3.63) is 57.8 Å². The van der Waals surface area contributed by atoms with E-state index < -0.39 is 0 Å². The Balaban J connectivity index is 1.36. The van der Waals surface area contributed by atoms with Crippen molar-refractivity contribution in [3.63, 3.8) is 0 Å². The summed E-state index contributed by atoms with van der Waals surface area (Å²) in [5.41, 5.74) is 1.23. The molecule has 144 valence electrons. The Kier molecular flexibility index (Phi) is 7.94. The second-order valence-electron chi connectivity index (χ2n) is 6.39. The average molecular weight is 420 g/mol. The molecule has 0 radical (unpaired) electrons. The lowest BCUT2D eigenvalue weighted by Gasteiger charge is -2.07. The van der Waals surface area contributed by atoms with E-state index in [0.717, 1.165) is 42.8 Å². The van der Waals surface area contributed by atoms with Crippen LogP contribution in [0, 0.1) is 0 Å². The number of aromatic nitrogens is 2. The van der Waals surface area contributed by atoms with Crippen molar-refractivity contribution in [1.82, 2.24) is 13.6 Å². The number of hydrogen-bond donors (Lipinski definition) is 2. The number of thioether (sulfide) groups is 1. The van der Waals surface area contributed by atoms with Crippen molar-refractivity contribution in [2.24, 2.45) is 0 Å². The predicted molar refractivity (Wildman–Crippen MR) is 120 cm³/mol. The quantitative estimate of drug-likeness (QED) is 0.442. The van der Waals surface area contributed by atoms with Gasteiger partial charge in [-0.25, -0.2) is 0 Å². The first-order valence-electron chi connectivity index (χ1n) is 8.85. The summed E-state index contributed by atoms with van der Waals surface area (Å²) in [5, 5.41) is 6.76. The van der Waals surface area contributed by atoms with Crippen molar-refractivity contribution < 1.29 is 0 Å². The summed E-state index contributed by atoms with van der Waals surface area (Å²) >= 11 is 5.09. The van der Waals surface area contributed by atoms with Crippen LogP contribution in [-0.2, 0) is 18.8 Å². The fourth-order valence-electron chi connectivity index (χ4n) is 2.51. The Bertz CT molecular complexity index is 801. The van der Waals surface area contributed by atoms with Gasteiger partial charge in [0.15, 0.2) is 11.6 Å². The second-order valence-corrected chi connectivity index (χ2v) is 9.27. The van der Waals surface area contributed by atoms with E-state index >= 15 is 0 Å². The maximum Gasteiger partial charge on any atom is 0.184 e. The zero-order chi connectivity index (χ0) is 18.9. The summed E-state index contributed by atoms with van der Waals surface area (Å²) in [6.07, 6.45) is 0. The summed E-state index contributed by atoms with van der Waals surface area (Å²) in [4.78, 5) is 5.08. The second kappa shape index (κ2) is 10.7. The van der Waals surface area contributed by atoms with Crippen LogP contribution >= 0.6 is 34.8 Å². The zero-order valence-corrected chi connectivity index (χ0v) is 18.1. The minimum Gasteiger partial charge on any atom is -0.365 e. The molecule has 0 aliphatic heterocycles. The van der Waals surface area contributed by atoms with Crippen LogP contribution in [0.3, 0.4) is 0 Å². The molecule has 2 N–H and O–H groups in total. The molecule has 3 aromatic rings. The van der Waals surface area contributed by atoms with Gasteiger partial charge < -0.3 is 15.5 Å². The number of benzene rings is 1. The molecule has 1 aromatic carbocycles. The minimum atomic E-state index is 0.753. The maximum absolute atomic E-state index is 4.36. The van der Waals surface area contributed by atoms with E-state index in [1.165, 1.54) is 27.0 Å². The Hall–Kier alpha value is -1.61. The Morgan fingerprint density at radius 2 is 1.70 bits per heavy atom. The first-order chi connectivity index (χ1) is 13.2. The van der Waals surface area contributed by atoms with Crippen LogP contribution in [0.5, 0.6) is 0 Å². The van der Waals surface area contributed by atoms with E-state index in [0.29, 0.717) is 0 Å². The largest absolute Gasteiger partial charge is 0.365 e. The molecule has 0 saturated heterocycles. The third-order valence-corrected chi connectivity index (χ3v) is 6.55. The lowest BCUT2D eigenvalue weighted by molar-refractivity contribution is 0.406. The van der Waals surface area contributed by atoms with Crippen LogP contribution in [0.15, 0.2) is 42.5 Å². The number of thiophene rings is 1. The molecule has 8 heteroatoms. The topological polar surface area (TPSA) is 53.1 Å². The van der Waals surface area contributed by atoms with Crippen LogP contribution in [0.1, 0.15) is 15.3 Å². The van der Waals surface area contributed by atoms with Gasteiger partial charge in [0.1, 0.15) is 0 Å². The third-order valence-electron chi connectivity index (χ3n) is 3.76. The summed E-state index contributed by atoms with van der Waals surface area (Å²) in [5.74, 6) is 3.78. The minimum absolute atomic E-state index is 0.753. The van der Waals surface area contributed by atoms with Gasteiger partial charge in [-0.15, -0.1) is 11.3 Å². The molecule has 3 rings (SSSR count). The Morgan fingerprint density at radius 3 is 2.48 bits per heavy atom. The summed E-state index contributed by atoms with van der Waals surface area (Å²) in [6.45, 7) is 2.65. The number of anilines is 2. The molecular formula is C19H25N5S3. The van der Waals surface area contributed by atoms with Gasteiger partial charge in [0.05, 0.1) is 11.7 Å². The van der Waals surface area contributed by atoms with E-state index in [2.05, 4.69) is 62.6 Å².